The highest BCUT2D eigenvalue weighted by Gasteiger charge is 2.38. The lowest BCUT2D eigenvalue weighted by atomic mass is 9.95. The van der Waals surface area contributed by atoms with Crippen LogP contribution in [0.2, 0.25) is 5.02 Å². The van der Waals surface area contributed by atoms with Crippen molar-refractivity contribution in [1.29, 1.82) is 0 Å². The molecule has 1 aromatic carbocycles. The van der Waals surface area contributed by atoms with Crippen LogP contribution in [0.4, 0.5) is 5.69 Å². The first-order valence-electron chi connectivity index (χ1n) is 6.33. The van der Waals surface area contributed by atoms with Gasteiger partial charge in [-0.25, -0.2) is 0 Å². The number of aliphatic hydroxyl groups excluding tert-OH is 1. The molecule has 1 aliphatic carbocycles. The highest BCUT2D eigenvalue weighted by Crippen LogP contribution is 2.39. The molecular formula is C14H20ClNO. The fourth-order valence-electron chi connectivity index (χ4n) is 2.73. The summed E-state index contributed by atoms with van der Waals surface area (Å²) in [7, 11) is 0. The average molecular weight is 254 g/mol. The molecule has 0 amide bonds. The molecule has 0 bridgehead atoms. The van der Waals surface area contributed by atoms with Crippen molar-refractivity contribution in [2.45, 2.75) is 38.1 Å². The van der Waals surface area contributed by atoms with E-state index in [2.05, 4.69) is 12.2 Å². The van der Waals surface area contributed by atoms with Gasteiger partial charge in [-0.15, -0.1) is 0 Å². The molecule has 17 heavy (non-hydrogen) atoms. The van der Waals surface area contributed by atoms with E-state index in [1.54, 1.807) is 0 Å². The molecule has 0 aliphatic heterocycles. The molecule has 0 aromatic heterocycles. The summed E-state index contributed by atoms with van der Waals surface area (Å²) in [5, 5.41) is 13.9. The van der Waals surface area contributed by atoms with E-state index in [1.807, 2.05) is 24.3 Å². The van der Waals surface area contributed by atoms with Gasteiger partial charge in [0.25, 0.3) is 0 Å². The Morgan fingerprint density at radius 1 is 1.47 bits per heavy atom. The van der Waals surface area contributed by atoms with Crippen LogP contribution in [0.1, 0.15) is 32.6 Å². The molecule has 0 radical (unpaired) electrons. The Kier molecular flexibility index (Phi) is 3.95. The van der Waals surface area contributed by atoms with Crippen LogP contribution < -0.4 is 5.32 Å². The van der Waals surface area contributed by atoms with Crippen molar-refractivity contribution in [2.24, 2.45) is 5.92 Å². The average Bonchev–Trinajstić information content (AvgIpc) is 2.76. The van der Waals surface area contributed by atoms with E-state index in [-0.39, 0.29) is 12.1 Å². The molecule has 0 heterocycles. The minimum atomic E-state index is -0.175. The Bertz CT molecular complexity index is 382. The lowest BCUT2D eigenvalue weighted by Crippen LogP contribution is -2.39. The number of hydrogen-bond acceptors (Lipinski definition) is 2. The van der Waals surface area contributed by atoms with Crippen LogP contribution in [0.3, 0.4) is 0 Å². The summed E-state index contributed by atoms with van der Waals surface area (Å²) in [6.45, 7) is 2.39. The highest BCUT2D eigenvalue weighted by molar-refractivity contribution is 6.33. The maximum atomic E-state index is 9.68. The second kappa shape index (κ2) is 5.28. The van der Waals surface area contributed by atoms with Crippen LogP contribution in [0.25, 0.3) is 0 Å². The fourth-order valence-corrected chi connectivity index (χ4v) is 2.91. The zero-order valence-corrected chi connectivity index (χ0v) is 11.0. The van der Waals surface area contributed by atoms with E-state index >= 15 is 0 Å². The quantitative estimate of drug-likeness (QED) is 0.858. The van der Waals surface area contributed by atoms with Crippen LogP contribution >= 0.6 is 11.6 Å². The van der Waals surface area contributed by atoms with Crippen molar-refractivity contribution in [3.63, 3.8) is 0 Å². The Morgan fingerprint density at radius 2 is 2.24 bits per heavy atom. The van der Waals surface area contributed by atoms with E-state index < -0.39 is 0 Å². The van der Waals surface area contributed by atoms with Gasteiger partial charge >= 0.3 is 0 Å². The molecule has 1 aromatic rings. The van der Waals surface area contributed by atoms with Crippen molar-refractivity contribution >= 4 is 17.3 Å². The van der Waals surface area contributed by atoms with Crippen molar-refractivity contribution in [3.05, 3.63) is 29.3 Å². The minimum absolute atomic E-state index is 0.175. The molecule has 2 nitrogen and oxygen atoms in total. The van der Waals surface area contributed by atoms with Gasteiger partial charge in [0.05, 0.1) is 22.9 Å². The zero-order chi connectivity index (χ0) is 12.3. The predicted molar refractivity (Wildman–Crippen MR) is 72.5 cm³/mol. The largest absolute Gasteiger partial charge is 0.394 e. The lowest BCUT2D eigenvalue weighted by Gasteiger charge is -2.30. The molecule has 3 heteroatoms. The Morgan fingerprint density at radius 3 is 2.82 bits per heavy atom. The summed E-state index contributed by atoms with van der Waals surface area (Å²) >= 11 is 6.15. The Hall–Kier alpha value is -0.730. The summed E-state index contributed by atoms with van der Waals surface area (Å²) in [4.78, 5) is 0. The van der Waals surface area contributed by atoms with Crippen molar-refractivity contribution < 1.29 is 5.11 Å². The van der Waals surface area contributed by atoms with Gasteiger partial charge in [0.2, 0.25) is 0 Å². The first-order chi connectivity index (χ1) is 8.19. The minimum Gasteiger partial charge on any atom is -0.394 e. The monoisotopic (exact) mass is 253 g/mol. The van der Waals surface area contributed by atoms with Gasteiger partial charge < -0.3 is 10.4 Å². The SMILES string of the molecule is CCC1CCC(CO)(Nc2ccccc2Cl)C1. The zero-order valence-electron chi connectivity index (χ0n) is 10.2. The number of hydrogen-bond donors (Lipinski definition) is 2. The molecule has 2 N–H and O–H groups in total. The van der Waals surface area contributed by atoms with Gasteiger partial charge in [-0.05, 0) is 37.3 Å². The van der Waals surface area contributed by atoms with Crippen molar-refractivity contribution in [3.8, 4) is 0 Å². The maximum Gasteiger partial charge on any atom is 0.0661 e. The number of rotatable bonds is 4. The second-order valence-corrected chi connectivity index (χ2v) is 5.47. The third-order valence-electron chi connectivity index (χ3n) is 3.86. The molecule has 2 atom stereocenters. The highest BCUT2D eigenvalue weighted by atomic mass is 35.5. The smallest absolute Gasteiger partial charge is 0.0661 e. The van der Waals surface area contributed by atoms with E-state index in [4.69, 9.17) is 11.6 Å². The van der Waals surface area contributed by atoms with Gasteiger partial charge in [-0.1, -0.05) is 37.1 Å². The number of nitrogens with one attached hydrogen (secondary N) is 1. The summed E-state index contributed by atoms with van der Waals surface area (Å²) in [6.07, 6.45) is 4.43. The van der Waals surface area contributed by atoms with Gasteiger partial charge in [0, 0.05) is 0 Å². The van der Waals surface area contributed by atoms with E-state index in [0.717, 1.165) is 29.5 Å². The molecule has 1 aliphatic rings. The normalized spacial score (nSPS) is 28.3. The molecular weight excluding hydrogens is 234 g/mol. The molecule has 0 spiro atoms. The van der Waals surface area contributed by atoms with Crippen molar-refractivity contribution in [2.75, 3.05) is 11.9 Å². The van der Waals surface area contributed by atoms with Crippen LogP contribution in [0, 0.1) is 5.92 Å². The third-order valence-corrected chi connectivity index (χ3v) is 4.19. The van der Waals surface area contributed by atoms with Crippen LogP contribution in [0.15, 0.2) is 24.3 Å². The standard InChI is InChI=1S/C14H20ClNO/c1-2-11-7-8-14(9-11,10-17)16-13-6-4-3-5-12(13)15/h3-6,11,16-17H,2,7-10H2,1H3. The molecule has 2 rings (SSSR count). The fraction of sp³-hybridized carbons (Fsp3) is 0.571. The Balaban J connectivity index is 2.13. The summed E-state index contributed by atoms with van der Waals surface area (Å²) in [5.74, 6) is 0.720. The molecule has 0 saturated heterocycles. The first kappa shape index (κ1) is 12.7. The van der Waals surface area contributed by atoms with Gasteiger partial charge in [0.15, 0.2) is 0 Å². The number of para-hydroxylation sites is 1. The molecule has 94 valence electrons. The van der Waals surface area contributed by atoms with Crippen LogP contribution in [0.5, 0.6) is 0 Å². The maximum absolute atomic E-state index is 9.68. The van der Waals surface area contributed by atoms with E-state index in [1.165, 1.54) is 12.8 Å². The molecule has 2 unspecified atom stereocenters. The second-order valence-electron chi connectivity index (χ2n) is 5.06. The first-order valence-corrected chi connectivity index (χ1v) is 6.70. The summed E-state index contributed by atoms with van der Waals surface area (Å²) < 4.78 is 0. The van der Waals surface area contributed by atoms with E-state index in [0.29, 0.717) is 0 Å². The Labute approximate surface area is 108 Å². The van der Waals surface area contributed by atoms with Crippen LogP contribution in [-0.4, -0.2) is 17.3 Å². The van der Waals surface area contributed by atoms with E-state index in [9.17, 15) is 5.11 Å². The third kappa shape index (κ3) is 2.75. The van der Waals surface area contributed by atoms with Gasteiger partial charge in [0.1, 0.15) is 0 Å². The molecule has 1 saturated carbocycles. The summed E-state index contributed by atoms with van der Waals surface area (Å²) in [5.41, 5.74) is 0.756. The van der Waals surface area contributed by atoms with Gasteiger partial charge in [-0.3, -0.25) is 0 Å². The lowest BCUT2D eigenvalue weighted by molar-refractivity contribution is 0.210. The number of anilines is 1. The van der Waals surface area contributed by atoms with Crippen molar-refractivity contribution in [1.82, 2.24) is 0 Å². The summed E-state index contributed by atoms with van der Waals surface area (Å²) in [6, 6.07) is 7.73. The number of halogens is 1. The van der Waals surface area contributed by atoms with Gasteiger partial charge in [-0.2, -0.15) is 0 Å². The topological polar surface area (TPSA) is 32.3 Å². The predicted octanol–water partition coefficient (Wildman–Crippen LogP) is 3.69. The van der Waals surface area contributed by atoms with Crippen LogP contribution in [-0.2, 0) is 0 Å². The number of aliphatic hydroxyl groups is 1. The molecule has 1 fully saturated rings. The number of benzene rings is 1.